The fraction of sp³-hybridized carbons (Fsp3) is 0.619. The molecule has 2 unspecified atom stereocenters. The van der Waals surface area contributed by atoms with Crippen LogP contribution in [0, 0.1) is 5.92 Å². The molecule has 5 nitrogen and oxygen atoms in total. The summed E-state index contributed by atoms with van der Waals surface area (Å²) in [7, 11) is 0. The third-order valence-corrected chi connectivity index (χ3v) is 5.63. The summed E-state index contributed by atoms with van der Waals surface area (Å²) < 4.78 is 0. The van der Waals surface area contributed by atoms with Crippen molar-refractivity contribution in [2.45, 2.75) is 57.9 Å². The van der Waals surface area contributed by atoms with Gasteiger partial charge in [0.2, 0.25) is 5.91 Å². The smallest absolute Gasteiger partial charge is 0.251 e. The first-order valence-electron chi connectivity index (χ1n) is 10.0. The van der Waals surface area contributed by atoms with E-state index in [-0.39, 0.29) is 17.9 Å². The second kappa shape index (κ2) is 9.17. The van der Waals surface area contributed by atoms with Crippen LogP contribution in [-0.2, 0) is 4.79 Å². The number of amides is 2. The van der Waals surface area contributed by atoms with Crippen LogP contribution < -0.4 is 10.6 Å². The van der Waals surface area contributed by atoms with Crippen molar-refractivity contribution >= 4 is 17.5 Å². The standard InChI is InChI=1S/C21H31N3O2/c1-16(25)22-19-11-9-17(10-12-19)21(26)23-20-8-4-3-7-18(20)15-24-13-5-2-6-14-24/h9-12,18,20H,2-8,13-15H2,1H3,(H,22,25)(H,23,26). The van der Waals surface area contributed by atoms with Crippen LogP contribution in [-0.4, -0.2) is 42.4 Å². The van der Waals surface area contributed by atoms with Crippen LogP contribution in [0.1, 0.15) is 62.2 Å². The van der Waals surface area contributed by atoms with Gasteiger partial charge in [0.1, 0.15) is 0 Å². The lowest BCUT2D eigenvalue weighted by Crippen LogP contribution is -2.47. The van der Waals surface area contributed by atoms with Crippen molar-refractivity contribution < 1.29 is 9.59 Å². The van der Waals surface area contributed by atoms with Gasteiger partial charge in [-0.3, -0.25) is 9.59 Å². The lowest BCUT2D eigenvalue weighted by Gasteiger charge is -2.37. The number of likely N-dealkylation sites (tertiary alicyclic amines) is 1. The molecule has 0 radical (unpaired) electrons. The molecule has 26 heavy (non-hydrogen) atoms. The number of carbonyl (C=O) groups excluding carboxylic acids is 2. The van der Waals surface area contributed by atoms with E-state index in [0.29, 0.717) is 11.5 Å². The summed E-state index contributed by atoms with van der Waals surface area (Å²) in [6, 6.07) is 7.39. The van der Waals surface area contributed by atoms with Gasteiger partial charge in [0.05, 0.1) is 0 Å². The second-order valence-corrected chi connectivity index (χ2v) is 7.74. The molecule has 1 aliphatic heterocycles. The van der Waals surface area contributed by atoms with Gasteiger partial charge in [-0.05, 0) is 69.0 Å². The molecule has 0 bridgehead atoms. The Kier molecular flexibility index (Phi) is 6.67. The predicted molar refractivity (Wildman–Crippen MR) is 104 cm³/mol. The molecule has 5 heteroatoms. The minimum absolute atomic E-state index is 0.00470. The highest BCUT2D eigenvalue weighted by molar-refractivity contribution is 5.95. The number of hydrogen-bond acceptors (Lipinski definition) is 3. The molecule has 2 atom stereocenters. The van der Waals surface area contributed by atoms with Crippen molar-refractivity contribution in [3.63, 3.8) is 0 Å². The molecule has 1 aliphatic carbocycles. The molecular weight excluding hydrogens is 326 g/mol. The highest BCUT2D eigenvalue weighted by Gasteiger charge is 2.28. The Hall–Kier alpha value is -1.88. The Balaban J connectivity index is 1.57. The Labute approximate surface area is 156 Å². The first kappa shape index (κ1) is 18.9. The van der Waals surface area contributed by atoms with Crippen LogP contribution in [0.15, 0.2) is 24.3 Å². The third kappa shape index (κ3) is 5.31. The first-order valence-corrected chi connectivity index (χ1v) is 10.0. The summed E-state index contributed by atoms with van der Waals surface area (Å²) in [5, 5.41) is 6.01. The SMILES string of the molecule is CC(=O)Nc1ccc(C(=O)NC2CCCCC2CN2CCCCC2)cc1. The Morgan fingerprint density at radius 2 is 1.69 bits per heavy atom. The lowest BCUT2D eigenvalue weighted by atomic mass is 9.83. The van der Waals surface area contributed by atoms with Crippen molar-refractivity contribution in [3.05, 3.63) is 29.8 Å². The molecule has 0 spiro atoms. The van der Waals surface area contributed by atoms with Gasteiger partial charge >= 0.3 is 0 Å². The van der Waals surface area contributed by atoms with Gasteiger partial charge in [-0.15, -0.1) is 0 Å². The molecule has 1 saturated carbocycles. The number of anilines is 1. The second-order valence-electron chi connectivity index (χ2n) is 7.74. The van der Waals surface area contributed by atoms with Gasteiger partial charge in [-0.1, -0.05) is 19.3 Å². The Bertz CT molecular complexity index is 608. The van der Waals surface area contributed by atoms with Gasteiger partial charge in [0.15, 0.2) is 0 Å². The number of benzene rings is 1. The van der Waals surface area contributed by atoms with Crippen molar-refractivity contribution in [1.82, 2.24) is 10.2 Å². The van der Waals surface area contributed by atoms with Crippen LogP contribution in [0.5, 0.6) is 0 Å². The van der Waals surface area contributed by atoms with Gasteiger partial charge in [-0.2, -0.15) is 0 Å². The topological polar surface area (TPSA) is 61.4 Å². The third-order valence-electron chi connectivity index (χ3n) is 5.63. The molecule has 2 aliphatic rings. The number of nitrogens with one attached hydrogen (secondary N) is 2. The summed E-state index contributed by atoms with van der Waals surface area (Å²) in [6.45, 7) is 5.02. The molecule has 2 N–H and O–H groups in total. The van der Waals surface area contributed by atoms with Crippen LogP contribution in [0.4, 0.5) is 5.69 Å². The fourth-order valence-corrected chi connectivity index (χ4v) is 4.25. The van der Waals surface area contributed by atoms with Gasteiger partial charge in [-0.25, -0.2) is 0 Å². The van der Waals surface area contributed by atoms with E-state index in [1.807, 2.05) is 0 Å². The van der Waals surface area contributed by atoms with E-state index in [9.17, 15) is 9.59 Å². The number of hydrogen-bond donors (Lipinski definition) is 2. The zero-order valence-corrected chi connectivity index (χ0v) is 15.8. The molecule has 2 fully saturated rings. The maximum atomic E-state index is 12.7. The van der Waals surface area contributed by atoms with Crippen molar-refractivity contribution in [2.75, 3.05) is 25.0 Å². The Morgan fingerprint density at radius 1 is 1.00 bits per heavy atom. The maximum absolute atomic E-state index is 12.7. The fourth-order valence-electron chi connectivity index (χ4n) is 4.25. The lowest BCUT2D eigenvalue weighted by molar-refractivity contribution is -0.114. The van der Waals surface area contributed by atoms with E-state index < -0.39 is 0 Å². The largest absolute Gasteiger partial charge is 0.349 e. The number of rotatable bonds is 5. The summed E-state index contributed by atoms with van der Waals surface area (Å²) >= 11 is 0. The van der Waals surface area contributed by atoms with E-state index >= 15 is 0 Å². The van der Waals surface area contributed by atoms with E-state index in [1.165, 1.54) is 58.5 Å². The number of nitrogens with zero attached hydrogens (tertiary/aromatic N) is 1. The van der Waals surface area contributed by atoms with E-state index in [0.717, 1.165) is 18.7 Å². The van der Waals surface area contributed by atoms with E-state index in [2.05, 4.69) is 15.5 Å². The predicted octanol–water partition coefficient (Wildman–Crippen LogP) is 3.42. The average molecular weight is 357 g/mol. The number of piperidine rings is 1. The highest BCUT2D eigenvalue weighted by atomic mass is 16.2. The van der Waals surface area contributed by atoms with Crippen molar-refractivity contribution in [2.24, 2.45) is 5.92 Å². The summed E-state index contributed by atoms with van der Waals surface area (Å²) in [4.78, 5) is 26.4. The molecule has 1 aromatic carbocycles. The molecule has 1 aromatic rings. The summed E-state index contributed by atoms with van der Waals surface area (Å²) in [5.41, 5.74) is 1.37. The molecule has 1 saturated heterocycles. The monoisotopic (exact) mass is 357 g/mol. The van der Waals surface area contributed by atoms with Crippen molar-refractivity contribution in [1.29, 1.82) is 0 Å². The quantitative estimate of drug-likeness (QED) is 0.849. The highest BCUT2D eigenvalue weighted by Crippen LogP contribution is 2.26. The molecule has 142 valence electrons. The zero-order chi connectivity index (χ0) is 18.4. The Morgan fingerprint density at radius 3 is 2.38 bits per heavy atom. The van der Waals surface area contributed by atoms with Crippen LogP contribution in [0.3, 0.4) is 0 Å². The van der Waals surface area contributed by atoms with Crippen LogP contribution in [0.25, 0.3) is 0 Å². The van der Waals surface area contributed by atoms with Crippen LogP contribution in [0.2, 0.25) is 0 Å². The summed E-state index contributed by atoms with van der Waals surface area (Å²) in [5.74, 6) is 0.448. The molecule has 2 amide bonds. The zero-order valence-electron chi connectivity index (χ0n) is 15.8. The van der Waals surface area contributed by atoms with Gasteiger partial charge < -0.3 is 15.5 Å². The van der Waals surface area contributed by atoms with Gasteiger partial charge in [0, 0.05) is 30.8 Å². The number of carbonyl (C=O) groups is 2. The van der Waals surface area contributed by atoms with Crippen LogP contribution >= 0.6 is 0 Å². The minimum Gasteiger partial charge on any atom is -0.349 e. The molecular formula is C21H31N3O2. The van der Waals surface area contributed by atoms with Crippen molar-refractivity contribution in [3.8, 4) is 0 Å². The molecule has 0 aromatic heterocycles. The van der Waals surface area contributed by atoms with E-state index in [4.69, 9.17) is 0 Å². The van der Waals surface area contributed by atoms with Gasteiger partial charge in [0.25, 0.3) is 5.91 Å². The average Bonchev–Trinajstić information content (AvgIpc) is 2.64. The van der Waals surface area contributed by atoms with E-state index in [1.54, 1.807) is 24.3 Å². The maximum Gasteiger partial charge on any atom is 0.251 e. The molecule has 1 heterocycles. The summed E-state index contributed by atoms with van der Waals surface area (Å²) in [6.07, 6.45) is 8.74. The normalized spacial score (nSPS) is 24.0. The molecule has 3 rings (SSSR count). The first-order chi connectivity index (χ1) is 12.6. The minimum atomic E-state index is -0.107.